The van der Waals surface area contributed by atoms with Gasteiger partial charge in [-0.15, -0.1) is 0 Å². The fourth-order valence-electron chi connectivity index (χ4n) is 4.28. The molecule has 2 heterocycles. The highest BCUT2D eigenvalue weighted by molar-refractivity contribution is 6.30. The van der Waals surface area contributed by atoms with Gasteiger partial charge < -0.3 is 15.2 Å². The molecule has 0 unspecified atom stereocenters. The summed E-state index contributed by atoms with van der Waals surface area (Å²) in [6, 6.07) is 4.28. The standard InChI is InChI=1S/C23H22ClF4N5O2/c1-13-30-20(33-35-13)11-22(19-7-6-16(24)12-29-19,32-21(34)31-18-4-2-3-5-18)14-8-15(23(26,27)28)10-17(25)9-14/h6-10,12,18H,2-5,11H2,1H3,(H2,31,32,34)/t22-/m1/s1. The first-order valence-corrected chi connectivity index (χ1v) is 11.3. The third-order valence-corrected chi connectivity index (χ3v) is 6.12. The van der Waals surface area contributed by atoms with Crippen LogP contribution in [-0.4, -0.2) is 27.2 Å². The number of carbonyl (C=O) groups is 1. The maximum absolute atomic E-state index is 14.6. The summed E-state index contributed by atoms with van der Waals surface area (Å²) in [6.07, 6.45) is -0.342. The highest BCUT2D eigenvalue weighted by Gasteiger charge is 2.42. The lowest BCUT2D eigenvalue weighted by atomic mass is 9.81. The Bertz CT molecular complexity index is 1200. The van der Waals surface area contributed by atoms with Gasteiger partial charge in [0.05, 0.1) is 16.3 Å². The minimum atomic E-state index is -4.83. The summed E-state index contributed by atoms with van der Waals surface area (Å²) in [4.78, 5) is 21.6. The number of aromatic nitrogens is 3. The van der Waals surface area contributed by atoms with Crippen molar-refractivity contribution in [3.8, 4) is 0 Å². The van der Waals surface area contributed by atoms with Gasteiger partial charge in [0.25, 0.3) is 0 Å². The van der Waals surface area contributed by atoms with Gasteiger partial charge in [-0.25, -0.2) is 9.18 Å². The first-order valence-electron chi connectivity index (χ1n) is 10.9. The summed E-state index contributed by atoms with van der Waals surface area (Å²) in [5.41, 5.74) is -3.08. The molecule has 1 aliphatic rings. The molecule has 1 aromatic carbocycles. The topological polar surface area (TPSA) is 92.9 Å². The fourth-order valence-corrected chi connectivity index (χ4v) is 4.40. The molecule has 2 amide bonds. The Balaban J connectivity index is 1.88. The number of hydrogen-bond acceptors (Lipinski definition) is 5. The van der Waals surface area contributed by atoms with Crippen molar-refractivity contribution in [2.45, 2.75) is 56.8 Å². The zero-order valence-electron chi connectivity index (χ0n) is 18.6. The number of nitrogens with one attached hydrogen (secondary N) is 2. The van der Waals surface area contributed by atoms with E-state index >= 15 is 0 Å². The minimum absolute atomic E-state index is 0.0817. The Morgan fingerprint density at radius 2 is 1.89 bits per heavy atom. The van der Waals surface area contributed by atoms with Gasteiger partial charge in [-0.05, 0) is 48.7 Å². The van der Waals surface area contributed by atoms with Crippen LogP contribution in [0.25, 0.3) is 0 Å². The van der Waals surface area contributed by atoms with Crippen molar-refractivity contribution in [2.24, 2.45) is 0 Å². The minimum Gasteiger partial charge on any atom is -0.340 e. The Morgan fingerprint density at radius 1 is 1.17 bits per heavy atom. The third kappa shape index (κ3) is 5.72. The number of aryl methyl sites for hydroxylation is 1. The molecule has 4 rings (SSSR count). The quantitative estimate of drug-likeness (QED) is 0.437. The van der Waals surface area contributed by atoms with Crippen LogP contribution in [0.15, 0.2) is 41.1 Å². The Kier molecular flexibility index (Phi) is 6.98. The molecule has 0 spiro atoms. The lowest BCUT2D eigenvalue weighted by Gasteiger charge is -2.35. The van der Waals surface area contributed by atoms with Crippen molar-refractivity contribution in [3.63, 3.8) is 0 Å². The van der Waals surface area contributed by atoms with Crippen molar-refractivity contribution in [1.82, 2.24) is 25.8 Å². The maximum Gasteiger partial charge on any atom is 0.416 e. The van der Waals surface area contributed by atoms with Crippen molar-refractivity contribution in [2.75, 3.05) is 0 Å². The Hall–Kier alpha value is -3.21. The molecule has 1 aliphatic carbocycles. The van der Waals surface area contributed by atoms with Crippen LogP contribution in [0.2, 0.25) is 5.02 Å². The van der Waals surface area contributed by atoms with Crippen LogP contribution in [0.3, 0.4) is 0 Å². The highest BCUT2D eigenvalue weighted by atomic mass is 35.5. The van der Waals surface area contributed by atoms with Crippen LogP contribution in [0.5, 0.6) is 0 Å². The first-order chi connectivity index (χ1) is 16.5. The third-order valence-electron chi connectivity index (χ3n) is 5.89. The molecule has 0 saturated heterocycles. The second kappa shape index (κ2) is 9.80. The summed E-state index contributed by atoms with van der Waals surface area (Å²) in [5, 5.41) is 9.73. The normalized spacial score (nSPS) is 16.2. The average molecular weight is 512 g/mol. The molecule has 3 aromatic rings. The SMILES string of the molecule is Cc1nc(C[C@@](NC(=O)NC2CCCC2)(c2cc(F)cc(C(F)(F)F)c2)c2ccc(Cl)cn2)no1. The van der Waals surface area contributed by atoms with Gasteiger partial charge in [-0.3, -0.25) is 4.98 Å². The smallest absolute Gasteiger partial charge is 0.340 e. The molecule has 1 fully saturated rings. The second-order valence-corrected chi connectivity index (χ2v) is 8.92. The summed E-state index contributed by atoms with van der Waals surface area (Å²) in [6.45, 7) is 1.54. The molecular formula is C23H22ClF4N5O2. The summed E-state index contributed by atoms with van der Waals surface area (Å²) >= 11 is 5.99. The van der Waals surface area contributed by atoms with E-state index < -0.39 is 29.1 Å². The zero-order valence-corrected chi connectivity index (χ0v) is 19.4. The van der Waals surface area contributed by atoms with E-state index in [2.05, 4.69) is 25.8 Å². The largest absolute Gasteiger partial charge is 0.416 e. The highest BCUT2D eigenvalue weighted by Crippen LogP contribution is 2.37. The van der Waals surface area contributed by atoms with E-state index in [-0.39, 0.29) is 40.5 Å². The van der Waals surface area contributed by atoms with Crippen LogP contribution in [0.4, 0.5) is 22.4 Å². The lowest BCUT2D eigenvalue weighted by molar-refractivity contribution is -0.137. The summed E-state index contributed by atoms with van der Waals surface area (Å²) < 4.78 is 60.4. The first kappa shape index (κ1) is 24.9. The summed E-state index contributed by atoms with van der Waals surface area (Å²) in [7, 11) is 0. The molecule has 0 radical (unpaired) electrons. The van der Waals surface area contributed by atoms with Gasteiger partial charge in [0.15, 0.2) is 5.82 Å². The van der Waals surface area contributed by atoms with Crippen molar-refractivity contribution < 1.29 is 26.9 Å². The molecule has 1 atom stereocenters. The molecule has 35 heavy (non-hydrogen) atoms. The molecule has 0 aliphatic heterocycles. The number of pyridine rings is 1. The predicted octanol–water partition coefficient (Wildman–Crippen LogP) is 5.31. The monoisotopic (exact) mass is 511 g/mol. The van der Waals surface area contributed by atoms with Crippen LogP contribution in [0, 0.1) is 12.7 Å². The molecule has 0 bridgehead atoms. The van der Waals surface area contributed by atoms with Crippen LogP contribution in [0.1, 0.15) is 54.2 Å². The summed E-state index contributed by atoms with van der Waals surface area (Å²) in [5.74, 6) is -0.836. The number of halogens is 5. The number of nitrogens with zero attached hydrogens (tertiary/aromatic N) is 3. The van der Waals surface area contributed by atoms with Gasteiger partial charge in [0, 0.05) is 25.6 Å². The van der Waals surface area contributed by atoms with Crippen molar-refractivity contribution in [3.05, 3.63) is 75.9 Å². The maximum atomic E-state index is 14.6. The van der Waals surface area contributed by atoms with Crippen molar-refractivity contribution >= 4 is 17.6 Å². The second-order valence-electron chi connectivity index (χ2n) is 8.48. The molecule has 2 N–H and O–H groups in total. The fraction of sp³-hybridized carbons (Fsp3) is 0.391. The number of carbonyl (C=O) groups excluding carboxylic acids is 1. The average Bonchev–Trinajstić information content (AvgIpc) is 3.44. The van der Waals surface area contributed by atoms with Gasteiger partial charge in [-0.2, -0.15) is 18.2 Å². The van der Waals surface area contributed by atoms with E-state index in [4.69, 9.17) is 16.1 Å². The molecule has 7 nitrogen and oxygen atoms in total. The number of urea groups is 1. The van der Waals surface area contributed by atoms with Gasteiger partial charge >= 0.3 is 12.2 Å². The van der Waals surface area contributed by atoms with E-state index in [0.717, 1.165) is 37.8 Å². The van der Waals surface area contributed by atoms with Crippen LogP contribution < -0.4 is 10.6 Å². The van der Waals surface area contributed by atoms with Crippen molar-refractivity contribution in [1.29, 1.82) is 0 Å². The van der Waals surface area contributed by atoms with Gasteiger partial charge in [0.1, 0.15) is 11.4 Å². The number of amides is 2. The Labute approximate surface area is 203 Å². The molecule has 2 aromatic heterocycles. The van der Waals surface area contributed by atoms with Gasteiger partial charge in [-0.1, -0.05) is 29.6 Å². The van der Waals surface area contributed by atoms with Crippen LogP contribution >= 0.6 is 11.6 Å². The van der Waals surface area contributed by atoms with E-state index in [0.29, 0.717) is 6.07 Å². The zero-order chi connectivity index (χ0) is 25.2. The molecule has 1 saturated carbocycles. The Morgan fingerprint density at radius 3 is 2.49 bits per heavy atom. The predicted molar refractivity (Wildman–Crippen MR) is 118 cm³/mol. The number of alkyl halides is 3. The lowest BCUT2D eigenvalue weighted by Crippen LogP contribution is -2.54. The van der Waals surface area contributed by atoms with Crippen LogP contribution in [-0.2, 0) is 18.1 Å². The molecule has 186 valence electrons. The van der Waals surface area contributed by atoms with Gasteiger partial charge in [0.2, 0.25) is 5.89 Å². The number of hydrogen-bond donors (Lipinski definition) is 2. The van der Waals surface area contributed by atoms with E-state index in [1.165, 1.54) is 18.3 Å². The molecule has 12 heteroatoms. The van der Waals surface area contributed by atoms with E-state index in [1.807, 2.05) is 0 Å². The number of benzene rings is 1. The van der Waals surface area contributed by atoms with E-state index in [1.54, 1.807) is 6.92 Å². The van der Waals surface area contributed by atoms with E-state index in [9.17, 15) is 22.4 Å². The number of rotatable bonds is 6. The molecular weight excluding hydrogens is 490 g/mol.